The van der Waals surface area contributed by atoms with Crippen LogP contribution in [0.5, 0.6) is 0 Å². The van der Waals surface area contributed by atoms with Crippen molar-refractivity contribution >= 4 is 23.6 Å². The number of rotatable bonds is 7. The molecule has 2 rings (SSSR count). The molecule has 1 amide bonds. The maximum Gasteiger partial charge on any atom is 0.339 e. The van der Waals surface area contributed by atoms with Crippen LogP contribution in [0.3, 0.4) is 0 Å². The molecule has 0 heterocycles. The summed E-state index contributed by atoms with van der Waals surface area (Å²) in [4.78, 5) is 24.7. The standard InChI is InChI=1S/C20H20N2O3S/c1-14(2)22-19(23)12-25-20(24)17-5-3-4-6-18(17)26-13-16-9-7-15(11-21)8-10-16/h3-10,14H,12-13H2,1-2H3,(H,22,23). The molecule has 0 saturated heterocycles. The van der Waals surface area contributed by atoms with Crippen LogP contribution in [0, 0.1) is 11.3 Å². The Hall–Kier alpha value is -2.78. The highest BCUT2D eigenvalue weighted by atomic mass is 32.2. The fourth-order valence-electron chi connectivity index (χ4n) is 2.17. The van der Waals surface area contributed by atoms with E-state index < -0.39 is 5.97 Å². The van der Waals surface area contributed by atoms with Gasteiger partial charge in [0.2, 0.25) is 0 Å². The van der Waals surface area contributed by atoms with Gasteiger partial charge < -0.3 is 10.1 Å². The van der Waals surface area contributed by atoms with Gasteiger partial charge in [0.15, 0.2) is 6.61 Å². The Balaban J connectivity index is 1.98. The second kappa shape index (κ2) is 9.64. The summed E-state index contributed by atoms with van der Waals surface area (Å²) in [5.74, 6) is -0.188. The molecule has 1 N–H and O–H groups in total. The summed E-state index contributed by atoms with van der Waals surface area (Å²) in [6, 6.07) is 16.5. The molecular weight excluding hydrogens is 348 g/mol. The van der Waals surface area contributed by atoms with Gasteiger partial charge in [-0.3, -0.25) is 4.79 Å². The molecule has 2 aromatic rings. The summed E-state index contributed by atoms with van der Waals surface area (Å²) in [7, 11) is 0. The summed E-state index contributed by atoms with van der Waals surface area (Å²) < 4.78 is 5.11. The van der Waals surface area contributed by atoms with E-state index in [1.807, 2.05) is 38.1 Å². The third kappa shape index (κ3) is 5.94. The third-order valence-corrected chi connectivity index (χ3v) is 4.51. The molecule has 0 fully saturated rings. The second-order valence-corrected chi connectivity index (χ2v) is 6.91. The highest BCUT2D eigenvalue weighted by Gasteiger charge is 2.15. The van der Waals surface area contributed by atoms with Crippen LogP contribution in [-0.2, 0) is 15.3 Å². The molecule has 26 heavy (non-hydrogen) atoms. The van der Waals surface area contributed by atoms with E-state index in [1.165, 1.54) is 11.8 Å². The largest absolute Gasteiger partial charge is 0.452 e. The van der Waals surface area contributed by atoms with Gasteiger partial charge in [0.1, 0.15) is 0 Å². The van der Waals surface area contributed by atoms with Crippen LogP contribution in [0.2, 0.25) is 0 Å². The number of nitrogens with one attached hydrogen (secondary N) is 1. The molecule has 5 nitrogen and oxygen atoms in total. The minimum Gasteiger partial charge on any atom is -0.452 e. The number of nitrogens with zero attached hydrogens (tertiary/aromatic N) is 1. The lowest BCUT2D eigenvalue weighted by molar-refractivity contribution is -0.124. The van der Waals surface area contributed by atoms with E-state index in [4.69, 9.17) is 10.00 Å². The second-order valence-electron chi connectivity index (χ2n) is 5.89. The summed E-state index contributed by atoms with van der Waals surface area (Å²) >= 11 is 1.50. The molecule has 134 valence electrons. The quantitative estimate of drug-likeness (QED) is 0.597. The Morgan fingerprint density at radius 2 is 1.85 bits per heavy atom. The zero-order valence-electron chi connectivity index (χ0n) is 14.7. The molecule has 0 unspecified atom stereocenters. The first-order chi connectivity index (χ1) is 12.5. The number of carbonyl (C=O) groups is 2. The molecule has 0 aliphatic carbocycles. The molecule has 0 spiro atoms. The molecule has 0 saturated carbocycles. The molecule has 0 aliphatic heterocycles. The number of thioether (sulfide) groups is 1. The van der Waals surface area contributed by atoms with Crippen LogP contribution >= 0.6 is 11.8 Å². The predicted octanol–water partition coefficient (Wildman–Crippen LogP) is 3.53. The van der Waals surface area contributed by atoms with Crippen molar-refractivity contribution in [3.8, 4) is 6.07 Å². The topological polar surface area (TPSA) is 79.2 Å². The predicted molar refractivity (Wildman–Crippen MR) is 101 cm³/mol. The first-order valence-corrected chi connectivity index (χ1v) is 9.15. The Labute approximate surface area is 157 Å². The number of hydrogen-bond acceptors (Lipinski definition) is 5. The van der Waals surface area contributed by atoms with E-state index in [0.29, 0.717) is 16.9 Å². The van der Waals surface area contributed by atoms with E-state index in [2.05, 4.69) is 11.4 Å². The van der Waals surface area contributed by atoms with E-state index >= 15 is 0 Å². The van der Waals surface area contributed by atoms with Gasteiger partial charge in [-0.1, -0.05) is 24.3 Å². The molecule has 2 aromatic carbocycles. The maximum atomic E-state index is 12.3. The van der Waals surface area contributed by atoms with Crippen molar-refractivity contribution in [2.24, 2.45) is 0 Å². The SMILES string of the molecule is CC(C)NC(=O)COC(=O)c1ccccc1SCc1ccc(C#N)cc1. The van der Waals surface area contributed by atoms with Crippen molar-refractivity contribution in [2.75, 3.05) is 6.61 Å². The van der Waals surface area contributed by atoms with Gasteiger partial charge in [-0.15, -0.1) is 11.8 Å². The number of carbonyl (C=O) groups excluding carboxylic acids is 2. The van der Waals surface area contributed by atoms with Crippen molar-refractivity contribution in [1.82, 2.24) is 5.32 Å². The van der Waals surface area contributed by atoms with Gasteiger partial charge in [-0.25, -0.2) is 4.79 Å². The lowest BCUT2D eigenvalue weighted by Gasteiger charge is -2.11. The van der Waals surface area contributed by atoms with Crippen molar-refractivity contribution < 1.29 is 14.3 Å². The summed E-state index contributed by atoms with van der Waals surface area (Å²) in [6.07, 6.45) is 0. The van der Waals surface area contributed by atoms with Gasteiger partial charge in [-0.2, -0.15) is 5.26 Å². The van der Waals surface area contributed by atoms with Crippen molar-refractivity contribution in [3.63, 3.8) is 0 Å². The summed E-state index contributed by atoms with van der Waals surface area (Å²) in [5, 5.41) is 11.5. The van der Waals surface area contributed by atoms with Crippen LogP contribution in [0.4, 0.5) is 0 Å². The van der Waals surface area contributed by atoms with Gasteiger partial charge in [0.25, 0.3) is 5.91 Å². The molecular formula is C20H20N2O3S. The zero-order valence-corrected chi connectivity index (χ0v) is 15.5. The average molecular weight is 368 g/mol. The van der Waals surface area contributed by atoms with Crippen molar-refractivity contribution in [3.05, 3.63) is 65.2 Å². The third-order valence-electron chi connectivity index (χ3n) is 3.37. The maximum absolute atomic E-state index is 12.3. The first-order valence-electron chi connectivity index (χ1n) is 8.17. The van der Waals surface area contributed by atoms with Crippen LogP contribution in [0.15, 0.2) is 53.4 Å². The van der Waals surface area contributed by atoms with Crippen LogP contribution in [0.25, 0.3) is 0 Å². The molecule has 0 radical (unpaired) electrons. The van der Waals surface area contributed by atoms with Crippen LogP contribution in [-0.4, -0.2) is 24.5 Å². The lowest BCUT2D eigenvalue weighted by atomic mass is 10.2. The Kier molecular flexibility index (Phi) is 7.24. The highest BCUT2D eigenvalue weighted by Crippen LogP contribution is 2.27. The molecule has 0 atom stereocenters. The Morgan fingerprint density at radius 3 is 2.50 bits per heavy atom. The number of hydrogen-bond donors (Lipinski definition) is 1. The van der Waals surface area contributed by atoms with E-state index in [1.54, 1.807) is 24.3 Å². The minimum absolute atomic E-state index is 0.00327. The monoisotopic (exact) mass is 368 g/mol. The Bertz CT molecular complexity index is 811. The van der Waals surface area contributed by atoms with E-state index in [-0.39, 0.29) is 18.6 Å². The zero-order chi connectivity index (χ0) is 18.9. The van der Waals surface area contributed by atoms with Crippen LogP contribution < -0.4 is 5.32 Å². The fourth-order valence-corrected chi connectivity index (χ4v) is 3.17. The number of benzene rings is 2. The summed E-state index contributed by atoms with van der Waals surface area (Å²) in [6.45, 7) is 3.38. The number of ether oxygens (including phenoxy) is 1. The average Bonchev–Trinajstić information content (AvgIpc) is 2.64. The minimum atomic E-state index is -0.521. The molecule has 6 heteroatoms. The van der Waals surface area contributed by atoms with E-state index in [0.717, 1.165) is 10.5 Å². The van der Waals surface area contributed by atoms with Crippen molar-refractivity contribution in [2.45, 2.75) is 30.5 Å². The van der Waals surface area contributed by atoms with E-state index in [9.17, 15) is 9.59 Å². The molecule has 0 aliphatic rings. The first kappa shape index (κ1) is 19.5. The number of nitriles is 1. The lowest BCUT2D eigenvalue weighted by Crippen LogP contribution is -2.34. The highest BCUT2D eigenvalue weighted by molar-refractivity contribution is 7.98. The summed E-state index contributed by atoms with van der Waals surface area (Å²) in [5.41, 5.74) is 2.10. The van der Waals surface area contributed by atoms with Gasteiger partial charge >= 0.3 is 5.97 Å². The van der Waals surface area contributed by atoms with Crippen LogP contribution in [0.1, 0.15) is 35.3 Å². The Morgan fingerprint density at radius 1 is 1.15 bits per heavy atom. The number of amides is 1. The van der Waals surface area contributed by atoms with Gasteiger partial charge in [0, 0.05) is 16.7 Å². The fraction of sp³-hybridized carbons (Fsp3) is 0.250. The van der Waals surface area contributed by atoms with Gasteiger partial charge in [-0.05, 0) is 43.7 Å². The smallest absolute Gasteiger partial charge is 0.339 e. The van der Waals surface area contributed by atoms with Gasteiger partial charge in [0.05, 0.1) is 17.2 Å². The number of esters is 1. The molecule has 0 bridgehead atoms. The normalized spacial score (nSPS) is 10.2. The molecule has 0 aromatic heterocycles. The van der Waals surface area contributed by atoms with Crippen molar-refractivity contribution in [1.29, 1.82) is 5.26 Å².